The quantitative estimate of drug-likeness (QED) is 0.551. The van der Waals surface area contributed by atoms with E-state index in [0.717, 1.165) is 24.3 Å². The minimum atomic E-state index is -0.504. The van der Waals surface area contributed by atoms with Crippen molar-refractivity contribution in [3.8, 4) is 0 Å². The van der Waals surface area contributed by atoms with Gasteiger partial charge in [-0.05, 0) is 74.3 Å². The van der Waals surface area contributed by atoms with Gasteiger partial charge in [-0.1, -0.05) is 12.1 Å². The number of rotatable bonds is 4. The summed E-state index contributed by atoms with van der Waals surface area (Å²) in [7, 11) is 2.18. The first kappa shape index (κ1) is 17.7. The van der Waals surface area contributed by atoms with Gasteiger partial charge in [0.1, 0.15) is 5.65 Å². The molecule has 0 bridgehead atoms. The van der Waals surface area contributed by atoms with Crippen LogP contribution >= 0.6 is 0 Å². The molecule has 0 unspecified atom stereocenters. The lowest BCUT2D eigenvalue weighted by Crippen LogP contribution is -2.29. The van der Waals surface area contributed by atoms with Gasteiger partial charge < -0.3 is 9.47 Å². The Hall–Kier alpha value is -2.70. The number of fused-ring (bicyclic) bond motifs is 1. The predicted octanol–water partition coefficient (Wildman–Crippen LogP) is 3.01. The molecule has 0 aliphatic carbocycles. The number of amides is 1. The summed E-state index contributed by atoms with van der Waals surface area (Å²) in [5.41, 5.74) is 5.47. The molecule has 2 N–H and O–H groups in total. The summed E-state index contributed by atoms with van der Waals surface area (Å²) in [6.07, 6.45) is 6.48. The minimum Gasteiger partial charge on any atom is -0.328 e. The van der Waals surface area contributed by atoms with Gasteiger partial charge in [0.2, 0.25) is 0 Å². The first-order chi connectivity index (χ1) is 13.1. The maximum Gasteiger partial charge on any atom is 0.274 e. The molecule has 1 aliphatic heterocycles. The lowest BCUT2D eigenvalue weighted by Gasteiger charge is -2.29. The highest BCUT2D eigenvalue weighted by Crippen LogP contribution is 2.29. The van der Waals surface area contributed by atoms with Gasteiger partial charge in [-0.25, -0.2) is 10.5 Å². The molecule has 2 aromatic heterocycles. The van der Waals surface area contributed by atoms with Crippen molar-refractivity contribution in [2.24, 2.45) is 0 Å². The molecule has 0 atom stereocenters. The van der Waals surface area contributed by atoms with Crippen LogP contribution in [0.15, 0.2) is 48.8 Å². The van der Waals surface area contributed by atoms with Crippen molar-refractivity contribution in [1.29, 1.82) is 0 Å². The van der Waals surface area contributed by atoms with Gasteiger partial charge in [0.15, 0.2) is 0 Å². The average Bonchev–Trinajstić information content (AvgIpc) is 3.10. The van der Waals surface area contributed by atoms with Gasteiger partial charge in [-0.3, -0.25) is 10.0 Å². The topological polar surface area (TPSA) is 70.4 Å². The first-order valence-corrected chi connectivity index (χ1v) is 9.31. The summed E-state index contributed by atoms with van der Waals surface area (Å²) in [4.78, 5) is 18.5. The van der Waals surface area contributed by atoms with E-state index in [0.29, 0.717) is 18.0 Å². The molecule has 3 aromatic rings. The van der Waals surface area contributed by atoms with Crippen molar-refractivity contribution >= 4 is 16.9 Å². The van der Waals surface area contributed by atoms with Crippen LogP contribution in [0.25, 0.3) is 11.0 Å². The van der Waals surface area contributed by atoms with Crippen LogP contribution in [0, 0.1) is 0 Å². The molecule has 0 radical (unpaired) electrons. The second-order valence-corrected chi connectivity index (χ2v) is 7.34. The number of hydrogen-bond acceptors (Lipinski definition) is 4. The minimum absolute atomic E-state index is 0.430. The maximum atomic E-state index is 11.4. The summed E-state index contributed by atoms with van der Waals surface area (Å²) in [5, 5.41) is 9.87. The van der Waals surface area contributed by atoms with Gasteiger partial charge in [-0.2, -0.15) is 0 Å². The number of aromatic nitrogens is 2. The van der Waals surface area contributed by atoms with Gasteiger partial charge in [-0.15, -0.1) is 0 Å². The smallest absolute Gasteiger partial charge is 0.274 e. The van der Waals surface area contributed by atoms with E-state index in [2.05, 4.69) is 34.8 Å². The Morgan fingerprint density at radius 2 is 1.96 bits per heavy atom. The second-order valence-electron chi connectivity index (χ2n) is 7.34. The summed E-state index contributed by atoms with van der Waals surface area (Å²) in [6.45, 7) is 2.98. The largest absolute Gasteiger partial charge is 0.328 e. The number of hydroxylamine groups is 1. The highest BCUT2D eigenvalue weighted by atomic mass is 16.5. The number of piperidine rings is 1. The third-order valence-corrected chi connectivity index (χ3v) is 5.48. The summed E-state index contributed by atoms with van der Waals surface area (Å²) in [5.74, 6) is 0.0998. The van der Waals surface area contributed by atoms with E-state index < -0.39 is 5.91 Å². The van der Waals surface area contributed by atoms with Crippen LogP contribution < -0.4 is 5.48 Å². The van der Waals surface area contributed by atoms with E-state index in [-0.39, 0.29) is 0 Å². The fourth-order valence-electron chi connectivity index (χ4n) is 3.81. The summed E-state index contributed by atoms with van der Waals surface area (Å²) < 4.78 is 2.12. The average molecular weight is 364 g/mol. The number of nitrogens with one attached hydrogen (secondary N) is 1. The summed E-state index contributed by atoms with van der Waals surface area (Å²) in [6, 6.07) is 11.6. The van der Waals surface area contributed by atoms with Crippen molar-refractivity contribution in [1.82, 2.24) is 19.9 Å². The first-order valence-electron chi connectivity index (χ1n) is 9.31. The Kier molecular flexibility index (Phi) is 4.92. The number of carbonyl (C=O) groups is 1. The molecule has 27 heavy (non-hydrogen) atoms. The molecule has 1 fully saturated rings. The van der Waals surface area contributed by atoms with Crippen LogP contribution in [0.5, 0.6) is 0 Å². The highest BCUT2D eigenvalue weighted by Gasteiger charge is 2.19. The van der Waals surface area contributed by atoms with E-state index in [9.17, 15) is 4.79 Å². The molecule has 6 heteroatoms. The molecular formula is C21H24N4O2. The van der Waals surface area contributed by atoms with E-state index in [1.165, 1.54) is 23.8 Å². The monoisotopic (exact) mass is 364 g/mol. The van der Waals surface area contributed by atoms with Crippen molar-refractivity contribution in [3.05, 3.63) is 65.5 Å². The zero-order chi connectivity index (χ0) is 18.8. The number of pyridine rings is 1. The summed E-state index contributed by atoms with van der Waals surface area (Å²) >= 11 is 0. The number of nitrogens with zero attached hydrogens (tertiary/aromatic N) is 3. The Bertz CT molecular complexity index is 940. The van der Waals surface area contributed by atoms with Crippen LogP contribution in [-0.2, 0) is 6.54 Å². The number of carbonyl (C=O) groups excluding carboxylic acids is 1. The Morgan fingerprint density at radius 3 is 2.67 bits per heavy atom. The lowest BCUT2D eigenvalue weighted by molar-refractivity contribution is 0.0706. The van der Waals surface area contributed by atoms with E-state index in [4.69, 9.17) is 10.2 Å². The molecule has 1 saturated heterocycles. The molecule has 4 rings (SSSR count). The third kappa shape index (κ3) is 3.72. The highest BCUT2D eigenvalue weighted by molar-refractivity contribution is 5.93. The molecular weight excluding hydrogens is 340 g/mol. The lowest BCUT2D eigenvalue weighted by atomic mass is 9.90. The molecule has 3 heterocycles. The zero-order valence-corrected chi connectivity index (χ0v) is 15.4. The molecule has 1 amide bonds. The van der Waals surface area contributed by atoms with Crippen LogP contribution in [0.4, 0.5) is 0 Å². The normalized spacial score (nSPS) is 15.9. The second kappa shape index (κ2) is 7.50. The predicted molar refractivity (Wildman–Crippen MR) is 104 cm³/mol. The van der Waals surface area contributed by atoms with Crippen LogP contribution in [0.2, 0.25) is 0 Å². The standard InChI is InChI=1S/C21H24N4O2/c1-24-9-6-16(7-10-24)19-12-18-8-11-25(20(18)22-13-19)14-15-2-4-17(5-3-15)21(26)23-27/h2-5,8,11-13,16,27H,6-7,9-10,14H2,1H3,(H,23,26). The number of benzene rings is 1. The zero-order valence-electron chi connectivity index (χ0n) is 15.4. The Balaban J connectivity index is 1.52. The van der Waals surface area contributed by atoms with Crippen LogP contribution in [0.1, 0.15) is 40.2 Å². The van der Waals surface area contributed by atoms with Crippen molar-refractivity contribution in [3.63, 3.8) is 0 Å². The van der Waals surface area contributed by atoms with E-state index >= 15 is 0 Å². The Morgan fingerprint density at radius 1 is 1.22 bits per heavy atom. The molecule has 140 valence electrons. The van der Waals surface area contributed by atoms with E-state index in [1.807, 2.05) is 18.3 Å². The molecule has 1 aromatic carbocycles. The van der Waals surface area contributed by atoms with Gasteiger partial charge in [0, 0.05) is 29.9 Å². The SMILES string of the molecule is CN1CCC(c2cnc3c(ccn3Cc3ccc(C(=O)NO)cc3)c2)CC1. The van der Waals surface area contributed by atoms with Crippen molar-refractivity contribution in [2.75, 3.05) is 20.1 Å². The van der Waals surface area contributed by atoms with Gasteiger partial charge in [0.05, 0.1) is 0 Å². The number of likely N-dealkylation sites (tertiary alicyclic amines) is 1. The van der Waals surface area contributed by atoms with E-state index in [1.54, 1.807) is 17.6 Å². The van der Waals surface area contributed by atoms with Crippen LogP contribution in [-0.4, -0.2) is 45.7 Å². The fraction of sp³-hybridized carbons (Fsp3) is 0.333. The third-order valence-electron chi connectivity index (χ3n) is 5.48. The van der Waals surface area contributed by atoms with Crippen molar-refractivity contribution < 1.29 is 10.0 Å². The molecule has 0 saturated carbocycles. The molecule has 1 aliphatic rings. The fourth-order valence-corrected chi connectivity index (χ4v) is 3.81. The van der Waals surface area contributed by atoms with Crippen LogP contribution in [0.3, 0.4) is 0 Å². The van der Waals surface area contributed by atoms with Gasteiger partial charge in [0.25, 0.3) is 5.91 Å². The maximum absolute atomic E-state index is 11.4. The Labute approximate surface area is 158 Å². The van der Waals surface area contributed by atoms with Crippen molar-refractivity contribution in [2.45, 2.75) is 25.3 Å². The molecule has 0 spiro atoms. The van der Waals surface area contributed by atoms with Gasteiger partial charge >= 0.3 is 0 Å². The number of hydrogen-bond donors (Lipinski definition) is 2. The molecule has 6 nitrogen and oxygen atoms in total.